The number of rotatable bonds is 2. The highest BCUT2D eigenvalue weighted by Crippen LogP contribution is 2.14. The number of hydrogen-bond acceptors (Lipinski definition) is 2. The van der Waals surface area contributed by atoms with Gasteiger partial charge in [-0.3, -0.25) is 4.84 Å². The van der Waals surface area contributed by atoms with Crippen LogP contribution in [0.2, 0.25) is 0 Å². The maximum Gasteiger partial charge on any atom is 0.197 e. The highest BCUT2D eigenvalue weighted by molar-refractivity contribution is 9.10. The molecule has 0 fully saturated rings. The third-order valence-corrected chi connectivity index (χ3v) is 2.54. The molecule has 1 aromatic rings. The molecular weight excluding hydrogens is 264 g/mol. The van der Waals surface area contributed by atoms with Gasteiger partial charge in [0.25, 0.3) is 0 Å². The Morgan fingerprint density at radius 3 is 2.50 bits per heavy atom. The molecule has 0 aromatic heterocycles. The monoisotopic (exact) mass is 274 g/mol. The van der Waals surface area contributed by atoms with E-state index in [1.54, 1.807) is 14.2 Å². The van der Waals surface area contributed by atoms with Gasteiger partial charge in [-0.15, -0.1) is 0 Å². The SMILES string of the molecule is CON(C)C(=S)Nc1ccc(Br)cc1. The van der Waals surface area contributed by atoms with Gasteiger partial charge < -0.3 is 5.32 Å². The molecule has 0 unspecified atom stereocenters. The minimum absolute atomic E-state index is 0.523. The highest BCUT2D eigenvalue weighted by Gasteiger charge is 2.02. The van der Waals surface area contributed by atoms with Gasteiger partial charge in [0.1, 0.15) is 0 Å². The van der Waals surface area contributed by atoms with E-state index in [9.17, 15) is 0 Å². The summed E-state index contributed by atoms with van der Waals surface area (Å²) in [5, 5.41) is 5.04. The van der Waals surface area contributed by atoms with Crippen molar-refractivity contribution in [2.24, 2.45) is 0 Å². The van der Waals surface area contributed by atoms with E-state index in [1.165, 1.54) is 5.06 Å². The first-order valence-electron chi connectivity index (χ1n) is 3.98. The van der Waals surface area contributed by atoms with Crippen molar-refractivity contribution < 1.29 is 4.84 Å². The van der Waals surface area contributed by atoms with Gasteiger partial charge in [0, 0.05) is 17.2 Å². The predicted molar refractivity (Wildman–Crippen MR) is 65.1 cm³/mol. The van der Waals surface area contributed by atoms with E-state index in [4.69, 9.17) is 17.1 Å². The summed E-state index contributed by atoms with van der Waals surface area (Å²) in [6, 6.07) is 7.75. The zero-order valence-corrected chi connectivity index (χ0v) is 10.4. The Kier molecular flexibility index (Phi) is 4.31. The third-order valence-electron chi connectivity index (χ3n) is 1.66. The van der Waals surface area contributed by atoms with Crippen LogP contribution in [-0.2, 0) is 4.84 Å². The minimum atomic E-state index is 0.523. The number of hydrogen-bond donors (Lipinski definition) is 1. The van der Waals surface area contributed by atoms with Gasteiger partial charge in [0.15, 0.2) is 5.11 Å². The van der Waals surface area contributed by atoms with Gasteiger partial charge >= 0.3 is 0 Å². The number of hydroxylamine groups is 2. The number of nitrogens with zero attached hydrogens (tertiary/aromatic N) is 1. The van der Waals surface area contributed by atoms with Crippen LogP contribution < -0.4 is 5.32 Å². The normalized spacial score (nSPS) is 9.64. The molecule has 0 heterocycles. The fourth-order valence-corrected chi connectivity index (χ4v) is 1.28. The van der Waals surface area contributed by atoms with E-state index >= 15 is 0 Å². The Morgan fingerprint density at radius 1 is 1.43 bits per heavy atom. The summed E-state index contributed by atoms with van der Waals surface area (Å²) in [6.45, 7) is 0. The molecule has 0 aliphatic heterocycles. The summed E-state index contributed by atoms with van der Waals surface area (Å²) in [6.07, 6.45) is 0. The van der Waals surface area contributed by atoms with Gasteiger partial charge in [0.05, 0.1) is 7.11 Å². The summed E-state index contributed by atoms with van der Waals surface area (Å²) in [5.41, 5.74) is 0.933. The van der Waals surface area contributed by atoms with Gasteiger partial charge in [-0.2, -0.15) is 0 Å². The largest absolute Gasteiger partial charge is 0.331 e. The lowest BCUT2D eigenvalue weighted by molar-refractivity contribution is -0.0391. The average Bonchev–Trinajstić information content (AvgIpc) is 2.20. The van der Waals surface area contributed by atoms with Crippen LogP contribution in [0.15, 0.2) is 28.7 Å². The van der Waals surface area contributed by atoms with Gasteiger partial charge in [-0.05, 0) is 36.5 Å². The molecule has 14 heavy (non-hydrogen) atoms. The molecule has 5 heteroatoms. The summed E-state index contributed by atoms with van der Waals surface area (Å²) >= 11 is 8.43. The van der Waals surface area contributed by atoms with E-state index < -0.39 is 0 Å². The van der Waals surface area contributed by atoms with Crippen LogP contribution in [0.3, 0.4) is 0 Å². The lowest BCUT2D eigenvalue weighted by Gasteiger charge is -2.17. The van der Waals surface area contributed by atoms with E-state index in [0.717, 1.165) is 10.2 Å². The van der Waals surface area contributed by atoms with Crippen LogP contribution in [-0.4, -0.2) is 24.3 Å². The maximum absolute atomic E-state index is 5.07. The van der Waals surface area contributed by atoms with E-state index in [2.05, 4.69) is 21.2 Å². The molecule has 1 aromatic carbocycles. The lowest BCUT2D eigenvalue weighted by Crippen LogP contribution is -2.29. The van der Waals surface area contributed by atoms with Gasteiger partial charge in [0.2, 0.25) is 0 Å². The molecule has 76 valence electrons. The van der Waals surface area contributed by atoms with Gasteiger partial charge in [-0.25, -0.2) is 5.06 Å². The van der Waals surface area contributed by atoms with Crippen molar-refractivity contribution in [2.45, 2.75) is 0 Å². The molecule has 0 spiro atoms. The predicted octanol–water partition coefficient (Wildman–Crippen LogP) is 2.64. The fraction of sp³-hybridized carbons (Fsp3) is 0.222. The number of halogens is 1. The van der Waals surface area contributed by atoms with Crippen molar-refractivity contribution in [1.29, 1.82) is 0 Å². The third kappa shape index (κ3) is 3.25. The molecule has 0 aliphatic carbocycles. The summed E-state index contributed by atoms with van der Waals surface area (Å²) in [7, 11) is 3.31. The lowest BCUT2D eigenvalue weighted by atomic mass is 10.3. The molecule has 0 aliphatic rings. The quantitative estimate of drug-likeness (QED) is 0.662. The van der Waals surface area contributed by atoms with Crippen LogP contribution in [0.4, 0.5) is 5.69 Å². The zero-order valence-electron chi connectivity index (χ0n) is 7.95. The second-order valence-electron chi connectivity index (χ2n) is 2.62. The van der Waals surface area contributed by atoms with Crippen LogP contribution in [0.5, 0.6) is 0 Å². The van der Waals surface area contributed by atoms with Crippen LogP contribution >= 0.6 is 28.1 Å². The van der Waals surface area contributed by atoms with Crippen LogP contribution in [0.25, 0.3) is 0 Å². The summed E-state index contributed by atoms with van der Waals surface area (Å²) in [4.78, 5) is 4.93. The molecule has 0 bridgehead atoms. The zero-order chi connectivity index (χ0) is 10.6. The molecule has 0 amide bonds. The van der Waals surface area contributed by atoms with Crippen molar-refractivity contribution in [3.8, 4) is 0 Å². The van der Waals surface area contributed by atoms with Crippen molar-refractivity contribution in [3.63, 3.8) is 0 Å². The molecule has 0 radical (unpaired) electrons. The van der Waals surface area contributed by atoms with E-state index in [1.807, 2.05) is 24.3 Å². The Balaban J connectivity index is 2.60. The topological polar surface area (TPSA) is 24.5 Å². The van der Waals surface area contributed by atoms with Crippen molar-refractivity contribution in [1.82, 2.24) is 5.06 Å². The van der Waals surface area contributed by atoms with Crippen molar-refractivity contribution in [2.75, 3.05) is 19.5 Å². The highest BCUT2D eigenvalue weighted by atomic mass is 79.9. The fourth-order valence-electron chi connectivity index (χ4n) is 0.818. The molecule has 0 saturated heterocycles. The van der Waals surface area contributed by atoms with E-state index in [-0.39, 0.29) is 0 Å². The first kappa shape index (κ1) is 11.4. The Morgan fingerprint density at radius 2 is 2.00 bits per heavy atom. The van der Waals surface area contributed by atoms with Gasteiger partial charge in [-0.1, -0.05) is 15.9 Å². The maximum atomic E-state index is 5.07. The summed E-state index contributed by atoms with van der Waals surface area (Å²) in [5.74, 6) is 0. The molecule has 1 N–H and O–H groups in total. The molecule has 0 atom stereocenters. The first-order valence-corrected chi connectivity index (χ1v) is 5.18. The molecule has 1 rings (SSSR count). The number of anilines is 1. The van der Waals surface area contributed by atoms with Crippen LogP contribution in [0.1, 0.15) is 0 Å². The second kappa shape index (κ2) is 5.29. The Labute approximate surface area is 97.1 Å². The van der Waals surface area contributed by atoms with Crippen LogP contribution in [0, 0.1) is 0 Å². The first-order chi connectivity index (χ1) is 6.63. The summed E-state index contributed by atoms with van der Waals surface area (Å²) < 4.78 is 1.04. The van der Waals surface area contributed by atoms with Crippen molar-refractivity contribution >= 4 is 38.9 Å². The Bertz CT molecular complexity index is 315. The van der Waals surface area contributed by atoms with E-state index in [0.29, 0.717) is 5.11 Å². The smallest absolute Gasteiger partial charge is 0.197 e. The average molecular weight is 275 g/mol. The number of nitrogens with one attached hydrogen (secondary N) is 1. The second-order valence-corrected chi connectivity index (χ2v) is 3.92. The minimum Gasteiger partial charge on any atom is -0.331 e. The Hall–Kier alpha value is -0.650. The van der Waals surface area contributed by atoms with Crippen molar-refractivity contribution in [3.05, 3.63) is 28.7 Å². The standard InChI is InChI=1S/C9H11BrN2OS/c1-12(13-2)9(14)11-8-5-3-7(10)4-6-8/h3-6H,1-2H3,(H,11,14). The molecular formula is C9H11BrN2OS. The molecule has 3 nitrogen and oxygen atoms in total. The number of benzene rings is 1. The number of thiocarbonyl (C=S) groups is 1. The molecule has 0 saturated carbocycles.